The maximum absolute atomic E-state index is 10.3. The summed E-state index contributed by atoms with van der Waals surface area (Å²) in [7, 11) is -4.77. The van der Waals surface area contributed by atoms with Crippen LogP contribution >= 0.6 is 18.9 Å². The molecule has 4 heterocycles. The minimum absolute atomic E-state index is 0.0483. The number of hydrogen-bond donors (Lipinski definition) is 5. The molecule has 0 aliphatic carbocycles. The Morgan fingerprint density at radius 3 is 2.87 bits per heavy atom. The summed E-state index contributed by atoms with van der Waals surface area (Å²) in [5.41, 5.74) is 0.975. The second kappa shape index (κ2) is 8.05. The number of fused-ring (bicyclic) bond motifs is 1. The third kappa shape index (κ3) is 5.16. The van der Waals surface area contributed by atoms with Gasteiger partial charge in [0.05, 0.1) is 6.61 Å². The van der Waals surface area contributed by atoms with E-state index < -0.39 is 32.1 Å². The number of rotatable bonds is 7. The molecule has 5 N–H and O–H groups in total. The van der Waals surface area contributed by atoms with Crippen LogP contribution in [0, 0.1) is 0 Å². The van der Waals surface area contributed by atoms with E-state index in [1.807, 2.05) is 0 Å². The van der Waals surface area contributed by atoms with Gasteiger partial charge in [-0.3, -0.25) is 0 Å². The Bertz CT molecular complexity index is 907. The molecule has 0 spiro atoms. The van der Waals surface area contributed by atoms with Crippen molar-refractivity contribution < 1.29 is 34.0 Å². The number of hydrogen-bond acceptors (Lipinski definition) is 11. The second-order valence-electron chi connectivity index (χ2n) is 7.91. The number of nitrogens with zero attached hydrogens (tertiary/aromatic N) is 4. The molecule has 2 fully saturated rings. The van der Waals surface area contributed by atoms with Crippen molar-refractivity contribution in [2.24, 2.45) is 0 Å². The van der Waals surface area contributed by atoms with Crippen LogP contribution in [-0.4, -0.2) is 90.4 Å². The van der Waals surface area contributed by atoms with Crippen molar-refractivity contribution in [2.75, 3.05) is 38.2 Å². The van der Waals surface area contributed by atoms with Gasteiger partial charge in [-0.25, -0.2) is 0 Å². The Labute approximate surface area is 176 Å². The van der Waals surface area contributed by atoms with Crippen LogP contribution in [0.15, 0.2) is 6.33 Å². The summed E-state index contributed by atoms with van der Waals surface area (Å²) < 4.78 is 18.0. The van der Waals surface area contributed by atoms with Crippen LogP contribution in [0.1, 0.15) is 19.1 Å². The first-order chi connectivity index (χ1) is 14.1. The Morgan fingerprint density at radius 1 is 1.37 bits per heavy atom. The fourth-order valence-corrected chi connectivity index (χ4v) is 4.16. The molecule has 30 heavy (non-hydrogen) atoms. The Hall–Kier alpha value is -1.21. The molecule has 168 valence electrons. The molecule has 2 aromatic heterocycles. The van der Waals surface area contributed by atoms with Gasteiger partial charge in [0.2, 0.25) is 0 Å². The summed E-state index contributed by atoms with van der Waals surface area (Å²) in [5.74, 6) is 0.501. The van der Waals surface area contributed by atoms with E-state index in [1.165, 1.54) is 0 Å². The fourth-order valence-electron chi connectivity index (χ4n) is 3.46. The number of nitrogens with one attached hydrogen (secondary N) is 1. The number of aliphatic hydroxyl groups is 1. The van der Waals surface area contributed by atoms with Gasteiger partial charge in [0.15, 0.2) is 0 Å². The minimum atomic E-state index is -4.77. The summed E-state index contributed by atoms with van der Waals surface area (Å²) in [6.07, 6.45) is -0.177. The van der Waals surface area contributed by atoms with Gasteiger partial charge in [-0.1, -0.05) is 0 Å². The number of ether oxygens (including phenoxy) is 3. The van der Waals surface area contributed by atoms with Gasteiger partial charge in [0.25, 0.3) is 0 Å². The van der Waals surface area contributed by atoms with Crippen molar-refractivity contribution in [1.82, 2.24) is 19.5 Å². The van der Waals surface area contributed by atoms with Crippen molar-refractivity contribution in [3.8, 4) is 0 Å². The second-order valence-corrected chi connectivity index (χ2v) is 11.7. The molecule has 12 nitrogen and oxygen atoms in total. The van der Waals surface area contributed by atoms with Gasteiger partial charge in [-0.2, -0.15) is 0 Å². The topological polar surface area (TPSA) is 164 Å². The summed E-state index contributed by atoms with van der Waals surface area (Å²) in [4.78, 5) is 41.3. The summed E-state index contributed by atoms with van der Waals surface area (Å²) in [6.45, 7) is 2.05. The van der Waals surface area contributed by atoms with Gasteiger partial charge in [0.1, 0.15) is 0 Å². The van der Waals surface area contributed by atoms with E-state index in [0.29, 0.717) is 30.2 Å². The predicted octanol–water partition coefficient (Wildman–Crippen LogP) is 0.208. The van der Waals surface area contributed by atoms with Crippen LogP contribution in [0.3, 0.4) is 0 Å². The van der Waals surface area contributed by atoms with Crippen molar-refractivity contribution in [3.05, 3.63) is 11.6 Å². The molecule has 14 heteroatoms. The molecule has 1 unspecified atom stereocenters. The average Bonchev–Trinajstić information content (AvgIpc) is 3.34. The first kappa shape index (κ1) is 22.0. The maximum atomic E-state index is 10.3. The fraction of sp³-hybridized carbons (Fsp3) is 0.688. The molecular formula is C16H25ClN5O7P. The van der Waals surface area contributed by atoms with Crippen LogP contribution in [0.4, 0.5) is 5.82 Å². The Morgan fingerprint density at radius 2 is 2.17 bits per heavy atom. The predicted molar refractivity (Wildman–Crippen MR) is 108 cm³/mol. The van der Waals surface area contributed by atoms with Crippen molar-refractivity contribution in [2.45, 2.75) is 37.3 Å². The van der Waals surface area contributed by atoms with Crippen molar-refractivity contribution in [1.29, 1.82) is 0 Å². The summed E-state index contributed by atoms with van der Waals surface area (Å²) in [5, 5.41) is 13.6. The van der Waals surface area contributed by atoms with Gasteiger partial charge in [0, 0.05) is 6.61 Å². The SMILES string of the molecule is CP(O)(O)(O)COC[C@H]1OC(n2cnc3c(N[C@H]4CCOC4)nc(Cl)nc32)C[C@@H]1O. The Balaban J connectivity index is 1.49. The van der Waals surface area contributed by atoms with Gasteiger partial charge in [-0.15, -0.1) is 0 Å². The first-order valence-electron chi connectivity index (χ1n) is 9.47. The van der Waals surface area contributed by atoms with E-state index in [9.17, 15) is 19.8 Å². The third-order valence-corrected chi connectivity index (χ3v) is 5.81. The molecule has 0 saturated carbocycles. The van der Waals surface area contributed by atoms with Crippen molar-refractivity contribution >= 4 is 35.9 Å². The normalized spacial score (nSPS) is 28.7. The van der Waals surface area contributed by atoms with E-state index in [4.69, 9.17) is 25.8 Å². The standard InChI is InChI=1S/C16H25ClN5O7P/c1-30(24,25,26)8-28-6-11-10(23)4-12(29-11)22-7-18-13-14(19-9-2-3-27-5-9)20-16(17)21-15(13)22/h7,9-12,23-26H,2-6,8H2,1H3,(H,19,20,21)/t9-,10-,11+,12?/m0/s1. The van der Waals surface area contributed by atoms with Crippen LogP contribution < -0.4 is 5.32 Å². The molecule has 2 aromatic rings. The van der Waals surface area contributed by atoms with E-state index in [2.05, 4.69) is 20.3 Å². The molecule has 0 radical (unpaired) electrons. The zero-order chi connectivity index (χ0) is 21.5. The van der Waals surface area contributed by atoms with Gasteiger partial charge in [-0.05, 0) is 6.42 Å². The number of anilines is 1. The summed E-state index contributed by atoms with van der Waals surface area (Å²) >= 11 is 6.11. The summed E-state index contributed by atoms with van der Waals surface area (Å²) in [6, 6.07) is 0.109. The molecule has 4 atom stereocenters. The zero-order valence-electron chi connectivity index (χ0n) is 16.3. The van der Waals surface area contributed by atoms with Crippen LogP contribution in [-0.2, 0) is 14.2 Å². The molecule has 4 rings (SSSR count). The molecule has 2 aliphatic heterocycles. The molecule has 2 aliphatic rings. The number of aliphatic hydroxyl groups excluding tert-OH is 1. The number of halogens is 1. The van der Waals surface area contributed by atoms with Gasteiger partial charge < -0.3 is 4.74 Å². The number of aromatic nitrogens is 4. The van der Waals surface area contributed by atoms with Crippen molar-refractivity contribution in [3.63, 3.8) is 0 Å². The molecule has 2 saturated heterocycles. The van der Waals surface area contributed by atoms with E-state index in [-0.39, 0.29) is 24.4 Å². The molecule has 0 aromatic carbocycles. The Kier molecular flexibility index (Phi) is 5.90. The number of imidazole rings is 1. The van der Waals surface area contributed by atoms with Crippen LogP contribution in [0.2, 0.25) is 5.28 Å². The van der Waals surface area contributed by atoms with Crippen LogP contribution in [0.25, 0.3) is 11.2 Å². The van der Waals surface area contributed by atoms with E-state index in [1.54, 1.807) is 10.9 Å². The van der Waals surface area contributed by atoms with Gasteiger partial charge >= 0.3 is 152 Å². The van der Waals surface area contributed by atoms with Crippen LogP contribution in [0.5, 0.6) is 0 Å². The monoisotopic (exact) mass is 465 g/mol. The molecular weight excluding hydrogens is 441 g/mol. The average molecular weight is 466 g/mol. The quantitative estimate of drug-likeness (QED) is 0.280. The third-order valence-electron chi connectivity index (χ3n) is 4.85. The molecule has 0 amide bonds. The first-order valence-corrected chi connectivity index (χ1v) is 12.6. The van der Waals surface area contributed by atoms with E-state index >= 15 is 0 Å². The van der Waals surface area contributed by atoms with E-state index in [0.717, 1.165) is 13.1 Å². The molecule has 0 bridgehead atoms. The zero-order valence-corrected chi connectivity index (χ0v) is 17.9.